The van der Waals surface area contributed by atoms with Crippen LogP contribution in [0.5, 0.6) is 11.5 Å². The number of carbonyl (C=O) groups excluding carboxylic acids is 2. The zero-order valence-corrected chi connectivity index (χ0v) is 20.1. The zero-order valence-electron chi connectivity index (χ0n) is 20.1. The van der Waals surface area contributed by atoms with E-state index in [2.05, 4.69) is 4.90 Å². The van der Waals surface area contributed by atoms with E-state index in [1.165, 1.54) is 26.4 Å². The van der Waals surface area contributed by atoms with Crippen molar-refractivity contribution in [1.29, 1.82) is 0 Å². The number of rotatable bonds is 6. The van der Waals surface area contributed by atoms with Crippen LogP contribution in [0.15, 0.2) is 36.4 Å². The van der Waals surface area contributed by atoms with Gasteiger partial charge in [0.25, 0.3) is 17.5 Å². The molecule has 0 spiro atoms. The predicted octanol–water partition coefficient (Wildman–Crippen LogP) is 3.20. The number of anilines is 1. The summed E-state index contributed by atoms with van der Waals surface area (Å²) in [6, 6.07) is 9.56. The van der Waals surface area contributed by atoms with Gasteiger partial charge in [0.1, 0.15) is 0 Å². The molecule has 0 N–H and O–H groups in total. The Morgan fingerprint density at radius 2 is 1.43 bits per heavy atom. The molecule has 2 aromatic carbocycles. The number of methoxy groups -OCH3 is 2. The number of carbonyl (C=O) groups is 2. The topological polar surface area (TPSA) is 105 Å². The van der Waals surface area contributed by atoms with Crippen molar-refractivity contribution in [3.8, 4) is 11.5 Å². The third kappa shape index (κ3) is 5.16. The van der Waals surface area contributed by atoms with E-state index in [0.717, 1.165) is 38.0 Å². The molecule has 0 aliphatic carbocycles. The lowest BCUT2D eigenvalue weighted by Crippen LogP contribution is -2.50. The molecule has 0 atom stereocenters. The first kappa shape index (κ1) is 24.3. The Bertz CT molecular complexity index is 1110. The Morgan fingerprint density at radius 1 is 0.800 bits per heavy atom. The number of piperidine rings is 1. The lowest BCUT2D eigenvalue weighted by Gasteiger charge is -2.36. The van der Waals surface area contributed by atoms with Crippen molar-refractivity contribution in [2.75, 3.05) is 58.4 Å². The smallest absolute Gasteiger partial charge is 0.270 e. The van der Waals surface area contributed by atoms with Gasteiger partial charge in [-0.1, -0.05) is 0 Å². The molecule has 2 saturated heterocycles. The number of hydrogen-bond acceptors (Lipinski definition) is 7. The molecule has 0 unspecified atom stereocenters. The molecule has 2 heterocycles. The fraction of sp³-hybridized carbons (Fsp3) is 0.440. The van der Waals surface area contributed by atoms with E-state index in [9.17, 15) is 19.7 Å². The minimum atomic E-state index is -0.476. The number of amides is 2. The number of nitrogens with zero attached hydrogens (tertiary/aromatic N) is 4. The summed E-state index contributed by atoms with van der Waals surface area (Å²) in [6.07, 6.45) is 3.20. The van der Waals surface area contributed by atoms with Crippen LogP contribution in [0, 0.1) is 10.1 Å². The summed E-state index contributed by atoms with van der Waals surface area (Å²) in [7, 11) is 3.05. The Balaban J connectivity index is 1.48. The number of nitro benzene ring substituents is 1. The molecule has 35 heavy (non-hydrogen) atoms. The molecular formula is C25H30N4O6. The van der Waals surface area contributed by atoms with E-state index in [4.69, 9.17) is 9.47 Å². The third-order valence-corrected chi connectivity index (χ3v) is 6.60. The lowest BCUT2D eigenvalue weighted by molar-refractivity contribution is -0.384. The van der Waals surface area contributed by atoms with E-state index in [-0.39, 0.29) is 17.5 Å². The highest BCUT2D eigenvalue weighted by Crippen LogP contribution is 2.30. The Kier molecular flexibility index (Phi) is 7.38. The molecule has 2 aliphatic heterocycles. The monoisotopic (exact) mass is 482 g/mol. The maximum atomic E-state index is 13.5. The molecule has 10 nitrogen and oxygen atoms in total. The largest absolute Gasteiger partial charge is 0.493 e. The minimum absolute atomic E-state index is 0.101. The fourth-order valence-corrected chi connectivity index (χ4v) is 4.65. The van der Waals surface area contributed by atoms with E-state index < -0.39 is 4.92 Å². The molecule has 2 fully saturated rings. The van der Waals surface area contributed by atoms with E-state index in [0.29, 0.717) is 48.8 Å². The number of nitro groups is 1. The van der Waals surface area contributed by atoms with Gasteiger partial charge in [-0.15, -0.1) is 0 Å². The van der Waals surface area contributed by atoms with Gasteiger partial charge in [0.05, 0.1) is 30.4 Å². The van der Waals surface area contributed by atoms with Crippen molar-refractivity contribution in [3.63, 3.8) is 0 Å². The van der Waals surface area contributed by atoms with Gasteiger partial charge in [-0.25, -0.2) is 0 Å². The van der Waals surface area contributed by atoms with Gasteiger partial charge in [-0.3, -0.25) is 19.7 Å². The number of ether oxygens (including phenoxy) is 2. The second-order valence-corrected chi connectivity index (χ2v) is 8.66. The number of benzene rings is 2. The second kappa shape index (κ2) is 10.6. The zero-order chi connectivity index (χ0) is 24.9. The normalized spacial score (nSPS) is 16.1. The molecule has 10 heteroatoms. The lowest BCUT2D eigenvalue weighted by atomic mass is 10.0. The highest BCUT2D eigenvalue weighted by molar-refractivity contribution is 6.01. The van der Waals surface area contributed by atoms with Gasteiger partial charge < -0.3 is 24.2 Å². The SMILES string of the molecule is COc1ccc(C(=O)N2CCN(C(=O)c3cc([N+](=O)[O-])ccc3N3CCCCC3)CC2)cc1OC. The van der Waals surface area contributed by atoms with Crippen LogP contribution in [-0.2, 0) is 0 Å². The van der Waals surface area contributed by atoms with Crippen molar-refractivity contribution in [3.05, 3.63) is 57.6 Å². The van der Waals surface area contributed by atoms with Crippen molar-refractivity contribution >= 4 is 23.2 Å². The van der Waals surface area contributed by atoms with Crippen molar-refractivity contribution in [2.45, 2.75) is 19.3 Å². The molecule has 186 valence electrons. The average molecular weight is 483 g/mol. The van der Waals surface area contributed by atoms with E-state index in [1.807, 2.05) is 0 Å². The van der Waals surface area contributed by atoms with Gasteiger partial charge >= 0.3 is 0 Å². The third-order valence-electron chi connectivity index (χ3n) is 6.60. The van der Waals surface area contributed by atoms with Crippen molar-refractivity contribution in [1.82, 2.24) is 9.80 Å². The molecule has 2 aromatic rings. The summed E-state index contributed by atoms with van der Waals surface area (Å²) in [4.78, 5) is 42.9. The highest BCUT2D eigenvalue weighted by Gasteiger charge is 2.29. The van der Waals surface area contributed by atoms with Gasteiger partial charge in [-0.05, 0) is 43.5 Å². The number of piperazine rings is 1. The summed E-state index contributed by atoms with van der Waals surface area (Å²) in [5.74, 6) is 0.624. The molecule has 0 saturated carbocycles. The van der Waals surface area contributed by atoms with Crippen LogP contribution in [0.1, 0.15) is 40.0 Å². The Labute approximate surface area is 204 Å². The molecule has 0 radical (unpaired) electrons. The molecule has 2 aliphatic rings. The quantitative estimate of drug-likeness (QED) is 0.460. The van der Waals surface area contributed by atoms with Crippen LogP contribution >= 0.6 is 0 Å². The standard InChI is InChI=1S/C25H30N4O6/c1-34-22-9-6-18(16-23(22)35-2)24(30)27-12-14-28(15-13-27)25(31)20-17-19(29(32)33)7-8-21(20)26-10-4-3-5-11-26/h6-9,16-17H,3-5,10-15H2,1-2H3. The first-order valence-corrected chi connectivity index (χ1v) is 11.8. The summed E-state index contributed by atoms with van der Waals surface area (Å²) >= 11 is 0. The van der Waals surface area contributed by atoms with Crippen LogP contribution in [0.3, 0.4) is 0 Å². The van der Waals surface area contributed by atoms with Crippen LogP contribution < -0.4 is 14.4 Å². The average Bonchev–Trinajstić information content (AvgIpc) is 2.92. The van der Waals surface area contributed by atoms with Gasteiger partial charge in [0.15, 0.2) is 11.5 Å². The van der Waals surface area contributed by atoms with Gasteiger partial charge in [-0.2, -0.15) is 0 Å². The first-order valence-electron chi connectivity index (χ1n) is 11.8. The van der Waals surface area contributed by atoms with Crippen LogP contribution in [0.25, 0.3) is 0 Å². The van der Waals surface area contributed by atoms with Crippen LogP contribution in [0.2, 0.25) is 0 Å². The van der Waals surface area contributed by atoms with Crippen LogP contribution in [0.4, 0.5) is 11.4 Å². The van der Waals surface area contributed by atoms with Gasteiger partial charge in [0, 0.05) is 57.0 Å². The summed E-state index contributed by atoms with van der Waals surface area (Å²) in [5.41, 5.74) is 1.47. The maximum absolute atomic E-state index is 13.5. The van der Waals surface area contributed by atoms with Gasteiger partial charge in [0.2, 0.25) is 0 Å². The first-order chi connectivity index (χ1) is 16.9. The molecule has 0 aromatic heterocycles. The Morgan fingerprint density at radius 3 is 2.03 bits per heavy atom. The van der Waals surface area contributed by atoms with E-state index in [1.54, 1.807) is 34.1 Å². The Hall–Kier alpha value is -3.82. The summed E-state index contributed by atoms with van der Waals surface area (Å²) < 4.78 is 10.5. The maximum Gasteiger partial charge on any atom is 0.270 e. The molecule has 0 bridgehead atoms. The summed E-state index contributed by atoms with van der Waals surface area (Å²) in [6.45, 7) is 3.08. The number of hydrogen-bond donors (Lipinski definition) is 0. The van der Waals surface area contributed by atoms with E-state index >= 15 is 0 Å². The molecule has 2 amide bonds. The minimum Gasteiger partial charge on any atom is -0.493 e. The summed E-state index contributed by atoms with van der Waals surface area (Å²) in [5, 5.41) is 11.4. The molecular weight excluding hydrogens is 452 g/mol. The highest BCUT2D eigenvalue weighted by atomic mass is 16.6. The second-order valence-electron chi connectivity index (χ2n) is 8.66. The number of non-ortho nitro benzene ring substituents is 1. The fourth-order valence-electron chi connectivity index (χ4n) is 4.65. The molecule has 4 rings (SSSR count). The predicted molar refractivity (Wildman–Crippen MR) is 131 cm³/mol. The van der Waals surface area contributed by atoms with Crippen molar-refractivity contribution in [2.24, 2.45) is 0 Å². The van der Waals surface area contributed by atoms with Crippen LogP contribution in [-0.4, -0.2) is 80.0 Å². The van der Waals surface area contributed by atoms with Crippen molar-refractivity contribution < 1.29 is 24.0 Å².